The van der Waals surface area contributed by atoms with E-state index in [0.717, 1.165) is 17.7 Å². The summed E-state index contributed by atoms with van der Waals surface area (Å²) in [7, 11) is 0. The van der Waals surface area contributed by atoms with Crippen molar-refractivity contribution in [1.82, 2.24) is 0 Å². The maximum atomic E-state index is 6.40. The third-order valence-corrected chi connectivity index (χ3v) is 3.39. The van der Waals surface area contributed by atoms with Gasteiger partial charge in [-0.15, -0.1) is 0 Å². The molecule has 1 aliphatic heterocycles. The summed E-state index contributed by atoms with van der Waals surface area (Å²) < 4.78 is 6.01. The van der Waals surface area contributed by atoms with Gasteiger partial charge in [0.1, 0.15) is 11.4 Å². The zero-order chi connectivity index (χ0) is 12.1. The third kappa shape index (κ3) is 1.82. The smallest absolute Gasteiger partial charge is 0.125 e. The Morgan fingerprint density at radius 1 is 1.12 bits per heavy atom. The van der Waals surface area contributed by atoms with E-state index in [1.54, 1.807) is 0 Å². The largest absolute Gasteiger partial charge is 0.487 e. The predicted octanol–water partition coefficient (Wildman–Crippen LogP) is 3.04. The van der Waals surface area contributed by atoms with Crippen LogP contribution in [-0.2, 0) is 5.54 Å². The second-order valence-corrected chi connectivity index (χ2v) is 5.89. The summed E-state index contributed by atoms with van der Waals surface area (Å²) in [5, 5.41) is 0. The third-order valence-electron chi connectivity index (χ3n) is 3.39. The topological polar surface area (TPSA) is 35.2 Å². The highest BCUT2D eigenvalue weighted by Crippen LogP contribution is 2.42. The number of rotatable bonds is 0. The predicted molar refractivity (Wildman–Crippen MR) is 66.8 cm³/mol. The van der Waals surface area contributed by atoms with Crippen LogP contribution in [0.5, 0.6) is 5.75 Å². The minimum atomic E-state index is -0.296. The lowest BCUT2D eigenvalue weighted by atomic mass is 9.79. The Balaban J connectivity index is 2.60. The molecular formula is C14H21NO. The molecule has 0 aliphatic carbocycles. The van der Waals surface area contributed by atoms with Crippen LogP contribution in [0.1, 0.15) is 43.9 Å². The summed E-state index contributed by atoms with van der Waals surface area (Å²) >= 11 is 0. The second-order valence-electron chi connectivity index (χ2n) is 5.89. The van der Waals surface area contributed by atoms with Crippen LogP contribution in [0.25, 0.3) is 0 Å². The van der Waals surface area contributed by atoms with Gasteiger partial charge in [0.15, 0.2) is 0 Å². The standard InChI is InChI=1S/C14H21NO/c1-9-6-11-12(7-10(9)2)16-13(3,4)8-14(11,5)15/h6-7H,8,15H2,1-5H3. The van der Waals surface area contributed by atoms with Gasteiger partial charge in [-0.05, 0) is 51.8 Å². The van der Waals surface area contributed by atoms with E-state index in [9.17, 15) is 0 Å². The molecule has 2 heteroatoms. The number of benzene rings is 1. The van der Waals surface area contributed by atoms with E-state index < -0.39 is 0 Å². The van der Waals surface area contributed by atoms with Crippen LogP contribution in [0.3, 0.4) is 0 Å². The van der Waals surface area contributed by atoms with Gasteiger partial charge in [0.05, 0.1) is 0 Å². The quantitative estimate of drug-likeness (QED) is 0.728. The van der Waals surface area contributed by atoms with Crippen LogP contribution >= 0.6 is 0 Å². The summed E-state index contributed by atoms with van der Waals surface area (Å²) in [4.78, 5) is 0. The number of aryl methyl sites for hydroxylation is 2. The molecule has 0 spiro atoms. The lowest BCUT2D eigenvalue weighted by Crippen LogP contribution is -2.47. The number of hydrogen-bond acceptors (Lipinski definition) is 2. The molecule has 0 saturated heterocycles. The monoisotopic (exact) mass is 219 g/mol. The van der Waals surface area contributed by atoms with E-state index in [4.69, 9.17) is 10.5 Å². The lowest BCUT2D eigenvalue weighted by molar-refractivity contribution is 0.0502. The highest BCUT2D eigenvalue weighted by molar-refractivity contribution is 5.47. The maximum absolute atomic E-state index is 6.40. The minimum Gasteiger partial charge on any atom is -0.487 e. The van der Waals surface area contributed by atoms with Crippen molar-refractivity contribution < 1.29 is 4.74 Å². The Labute approximate surface area is 97.8 Å². The first-order valence-corrected chi connectivity index (χ1v) is 5.81. The molecule has 2 rings (SSSR count). The van der Waals surface area contributed by atoms with Crippen molar-refractivity contribution in [3.05, 3.63) is 28.8 Å². The van der Waals surface area contributed by atoms with E-state index in [-0.39, 0.29) is 11.1 Å². The molecule has 16 heavy (non-hydrogen) atoms. The first-order valence-electron chi connectivity index (χ1n) is 5.81. The van der Waals surface area contributed by atoms with E-state index in [0.29, 0.717) is 0 Å². The number of hydrogen-bond donors (Lipinski definition) is 1. The molecule has 0 fully saturated rings. The Hall–Kier alpha value is -1.02. The van der Waals surface area contributed by atoms with Gasteiger partial charge in [0.25, 0.3) is 0 Å². The number of nitrogens with two attached hydrogens (primary N) is 1. The van der Waals surface area contributed by atoms with E-state index >= 15 is 0 Å². The second kappa shape index (κ2) is 3.24. The zero-order valence-corrected chi connectivity index (χ0v) is 10.8. The number of fused-ring (bicyclic) bond motifs is 1. The Morgan fingerprint density at radius 3 is 2.31 bits per heavy atom. The molecule has 1 heterocycles. The van der Waals surface area contributed by atoms with Crippen LogP contribution in [0.15, 0.2) is 12.1 Å². The molecule has 0 bridgehead atoms. The highest BCUT2D eigenvalue weighted by Gasteiger charge is 2.39. The average Bonchev–Trinajstić information content (AvgIpc) is 2.06. The van der Waals surface area contributed by atoms with Crippen LogP contribution in [0.2, 0.25) is 0 Å². The molecule has 1 aromatic rings. The van der Waals surface area contributed by atoms with Gasteiger partial charge in [0, 0.05) is 17.5 Å². The maximum Gasteiger partial charge on any atom is 0.125 e. The normalized spacial score (nSPS) is 27.1. The van der Waals surface area contributed by atoms with Gasteiger partial charge in [-0.2, -0.15) is 0 Å². The van der Waals surface area contributed by atoms with Gasteiger partial charge < -0.3 is 10.5 Å². The molecule has 0 amide bonds. The summed E-state index contributed by atoms with van der Waals surface area (Å²) in [6, 6.07) is 4.27. The molecule has 1 unspecified atom stereocenters. The average molecular weight is 219 g/mol. The van der Waals surface area contributed by atoms with Gasteiger partial charge in [-0.3, -0.25) is 0 Å². The van der Waals surface area contributed by atoms with Crippen molar-refractivity contribution >= 4 is 0 Å². The van der Waals surface area contributed by atoms with Crippen LogP contribution in [-0.4, -0.2) is 5.60 Å². The molecule has 0 aromatic heterocycles. The summed E-state index contributed by atoms with van der Waals surface area (Å²) in [6.45, 7) is 10.5. The molecular weight excluding hydrogens is 198 g/mol. The van der Waals surface area contributed by atoms with E-state index in [1.165, 1.54) is 11.1 Å². The molecule has 0 saturated carbocycles. The van der Waals surface area contributed by atoms with E-state index in [1.807, 2.05) is 0 Å². The fraction of sp³-hybridized carbons (Fsp3) is 0.571. The van der Waals surface area contributed by atoms with Crippen molar-refractivity contribution in [3.8, 4) is 5.75 Å². The Bertz CT molecular complexity index is 433. The van der Waals surface area contributed by atoms with E-state index in [2.05, 4.69) is 46.8 Å². The molecule has 2 nitrogen and oxygen atoms in total. The van der Waals surface area contributed by atoms with Gasteiger partial charge in [-0.25, -0.2) is 0 Å². The molecule has 88 valence electrons. The van der Waals surface area contributed by atoms with Gasteiger partial charge in [0.2, 0.25) is 0 Å². The van der Waals surface area contributed by atoms with Crippen molar-refractivity contribution in [3.63, 3.8) is 0 Å². The number of ether oxygens (including phenoxy) is 1. The molecule has 1 atom stereocenters. The zero-order valence-electron chi connectivity index (χ0n) is 10.8. The van der Waals surface area contributed by atoms with Crippen molar-refractivity contribution in [2.24, 2.45) is 5.73 Å². The van der Waals surface area contributed by atoms with Crippen LogP contribution < -0.4 is 10.5 Å². The first kappa shape index (κ1) is 11.5. The van der Waals surface area contributed by atoms with Crippen molar-refractivity contribution in [1.29, 1.82) is 0 Å². The fourth-order valence-corrected chi connectivity index (χ4v) is 2.63. The van der Waals surface area contributed by atoms with Crippen LogP contribution in [0, 0.1) is 13.8 Å². The minimum absolute atomic E-state index is 0.182. The molecule has 0 radical (unpaired) electrons. The van der Waals surface area contributed by atoms with Crippen molar-refractivity contribution in [2.75, 3.05) is 0 Å². The molecule has 2 N–H and O–H groups in total. The molecule has 1 aliphatic rings. The highest BCUT2D eigenvalue weighted by atomic mass is 16.5. The SMILES string of the molecule is Cc1cc2c(cc1C)C(C)(N)CC(C)(C)O2. The van der Waals surface area contributed by atoms with Gasteiger partial charge in [-0.1, -0.05) is 6.07 Å². The summed E-state index contributed by atoms with van der Waals surface area (Å²) in [6.07, 6.45) is 0.843. The fourth-order valence-electron chi connectivity index (χ4n) is 2.63. The Kier molecular flexibility index (Phi) is 2.32. The summed E-state index contributed by atoms with van der Waals surface area (Å²) in [5.41, 5.74) is 9.59. The van der Waals surface area contributed by atoms with Crippen molar-refractivity contribution in [2.45, 2.75) is 52.2 Å². The summed E-state index contributed by atoms with van der Waals surface area (Å²) in [5.74, 6) is 0.948. The van der Waals surface area contributed by atoms with Gasteiger partial charge >= 0.3 is 0 Å². The molecule has 1 aromatic carbocycles. The van der Waals surface area contributed by atoms with Crippen LogP contribution in [0.4, 0.5) is 0 Å². The lowest BCUT2D eigenvalue weighted by Gasteiger charge is -2.42. The first-order chi connectivity index (χ1) is 7.21. The Morgan fingerprint density at radius 2 is 1.69 bits per heavy atom.